The molecule has 0 atom stereocenters. The van der Waals surface area contributed by atoms with Crippen LogP contribution in [0.4, 0.5) is 13.2 Å². The molecule has 1 heterocycles. The van der Waals surface area contributed by atoms with E-state index in [9.17, 15) is 18.3 Å². The van der Waals surface area contributed by atoms with E-state index in [2.05, 4.69) is 4.98 Å². The fraction of sp³-hybridized carbons (Fsp3) is 0.100. The van der Waals surface area contributed by atoms with E-state index in [0.29, 0.717) is 6.20 Å². The molecule has 1 N–H and O–H groups in total. The van der Waals surface area contributed by atoms with Crippen molar-refractivity contribution in [1.29, 1.82) is 0 Å². The molecule has 0 radical (unpaired) electrons. The topological polar surface area (TPSA) is 33.1 Å². The maximum Gasteiger partial charge on any atom is 0.417 e. The molecule has 0 bridgehead atoms. The third kappa shape index (κ3) is 1.72. The van der Waals surface area contributed by atoms with Crippen molar-refractivity contribution in [2.24, 2.45) is 0 Å². The molecule has 0 amide bonds. The summed E-state index contributed by atoms with van der Waals surface area (Å²) in [4.78, 5) is 3.58. The number of halogens is 3. The zero-order chi connectivity index (χ0) is 11.1. The van der Waals surface area contributed by atoms with Gasteiger partial charge in [-0.05, 0) is 12.1 Å². The Morgan fingerprint density at radius 3 is 2.60 bits per heavy atom. The molecule has 5 heteroatoms. The van der Waals surface area contributed by atoms with Crippen LogP contribution in [0.1, 0.15) is 5.56 Å². The van der Waals surface area contributed by atoms with Crippen molar-refractivity contribution in [3.63, 3.8) is 0 Å². The van der Waals surface area contributed by atoms with Gasteiger partial charge in [-0.3, -0.25) is 4.98 Å². The van der Waals surface area contributed by atoms with Gasteiger partial charge in [0.05, 0.1) is 5.56 Å². The number of hydrogen-bond donors (Lipinski definition) is 1. The minimum Gasteiger partial charge on any atom is -0.506 e. The summed E-state index contributed by atoms with van der Waals surface area (Å²) in [5.41, 5.74) is -0.647. The van der Waals surface area contributed by atoms with Gasteiger partial charge in [0, 0.05) is 11.6 Å². The van der Waals surface area contributed by atoms with Gasteiger partial charge >= 0.3 is 6.18 Å². The molecule has 0 aliphatic carbocycles. The molecule has 0 aliphatic heterocycles. The first kappa shape index (κ1) is 9.76. The summed E-state index contributed by atoms with van der Waals surface area (Å²) in [7, 11) is 0. The Kier molecular flexibility index (Phi) is 2.03. The summed E-state index contributed by atoms with van der Waals surface area (Å²) < 4.78 is 36.9. The predicted octanol–water partition coefficient (Wildman–Crippen LogP) is 2.96. The minimum absolute atomic E-state index is 0.124. The molecule has 0 unspecified atom stereocenters. The van der Waals surface area contributed by atoms with Crippen LogP contribution >= 0.6 is 0 Å². The average molecular weight is 213 g/mol. The Balaban J connectivity index is 2.68. The van der Waals surface area contributed by atoms with Crippen molar-refractivity contribution in [2.45, 2.75) is 6.18 Å². The van der Waals surface area contributed by atoms with Crippen LogP contribution in [0.2, 0.25) is 0 Å². The van der Waals surface area contributed by atoms with Crippen LogP contribution in [0, 0.1) is 0 Å². The van der Waals surface area contributed by atoms with E-state index in [0.717, 1.165) is 6.07 Å². The highest BCUT2D eigenvalue weighted by Gasteiger charge is 2.31. The van der Waals surface area contributed by atoms with Crippen LogP contribution in [0.3, 0.4) is 0 Å². The fourth-order valence-corrected chi connectivity index (χ4v) is 1.30. The average Bonchev–Trinajstić information content (AvgIpc) is 2.16. The molecule has 15 heavy (non-hydrogen) atoms. The normalized spacial score (nSPS) is 11.9. The van der Waals surface area contributed by atoms with Gasteiger partial charge in [-0.25, -0.2) is 0 Å². The number of hydrogen-bond acceptors (Lipinski definition) is 2. The lowest BCUT2D eigenvalue weighted by molar-refractivity contribution is -0.137. The Bertz CT molecular complexity index is 507. The number of fused-ring (bicyclic) bond motifs is 1. The molecule has 2 aromatic rings. The second kappa shape index (κ2) is 3.12. The first-order valence-corrected chi connectivity index (χ1v) is 4.13. The SMILES string of the molecule is Oc1cccc2cc(C(F)(F)F)cnc12. The lowest BCUT2D eigenvalue weighted by Gasteiger charge is -2.07. The van der Waals surface area contributed by atoms with Crippen LogP contribution in [0.5, 0.6) is 5.75 Å². The molecule has 0 saturated heterocycles. The molecule has 0 spiro atoms. The standard InChI is InChI=1S/C10H6F3NO/c11-10(12,13)7-4-6-2-1-3-8(15)9(6)14-5-7/h1-5,15H. The highest BCUT2D eigenvalue weighted by molar-refractivity contribution is 5.84. The molecular weight excluding hydrogens is 207 g/mol. The van der Waals surface area contributed by atoms with Crippen molar-refractivity contribution in [3.05, 3.63) is 36.0 Å². The van der Waals surface area contributed by atoms with Crippen molar-refractivity contribution in [2.75, 3.05) is 0 Å². The molecule has 0 fully saturated rings. The molecule has 2 rings (SSSR count). The Morgan fingerprint density at radius 1 is 1.20 bits per heavy atom. The van der Waals surface area contributed by atoms with E-state index < -0.39 is 11.7 Å². The molecule has 0 aliphatic rings. The molecule has 2 nitrogen and oxygen atoms in total. The van der Waals surface area contributed by atoms with Crippen molar-refractivity contribution in [1.82, 2.24) is 4.98 Å². The number of aromatic hydroxyl groups is 1. The van der Waals surface area contributed by atoms with Gasteiger partial charge in [0.2, 0.25) is 0 Å². The molecule has 1 aromatic heterocycles. The third-order valence-corrected chi connectivity index (χ3v) is 2.02. The Labute approximate surface area is 83.0 Å². The van der Waals surface area contributed by atoms with Crippen LogP contribution in [-0.2, 0) is 6.18 Å². The number of aromatic nitrogens is 1. The lowest BCUT2D eigenvalue weighted by Crippen LogP contribution is -2.05. The number of nitrogens with zero attached hydrogens (tertiary/aromatic N) is 1. The molecular formula is C10H6F3NO. The second-order valence-electron chi connectivity index (χ2n) is 3.07. The zero-order valence-electron chi connectivity index (χ0n) is 7.42. The van der Waals surface area contributed by atoms with Gasteiger partial charge in [0.25, 0.3) is 0 Å². The van der Waals surface area contributed by atoms with Gasteiger partial charge in [0.15, 0.2) is 0 Å². The Morgan fingerprint density at radius 2 is 1.93 bits per heavy atom. The number of rotatable bonds is 0. The van der Waals surface area contributed by atoms with E-state index in [1.807, 2.05) is 0 Å². The van der Waals surface area contributed by atoms with Gasteiger partial charge in [-0.15, -0.1) is 0 Å². The predicted molar refractivity (Wildman–Crippen MR) is 48.4 cm³/mol. The second-order valence-corrected chi connectivity index (χ2v) is 3.07. The number of pyridine rings is 1. The first-order valence-electron chi connectivity index (χ1n) is 4.13. The van der Waals surface area contributed by atoms with Gasteiger partial charge in [0.1, 0.15) is 11.3 Å². The summed E-state index contributed by atoms with van der Waals surface area (Å²) in [6, 6.07) is 5.28. The summed E-state index contributed by atoms with van der Waals surface area (Å²) in [5, 5.41) is 9.59. The van der Waals surface area contributed by atoms with E-state index >= 15 is 0 Å². The van der Waals surface area contributed by atoms with Gasteiger partial charge in [-0.1, -0.05) is 12.1 Å². The first-order chi connectivity index (χ1) is 6.98. The number of phenols is 1. The van der Waals surface area contributed by atoms with Crippen LogP contribution < -0.4 is 0 Å². The van der Waals surface area contributed by atoms with Gasteiger partial charge < -0.3 is 5.11 Å². The largest absolute Gasteiger partial charge is 0.506 e. The molecule has 1 aromatic carbocycles. The minimum atomic E-state index is -4.41. The van der Waals surface area contributed by atoms with Crippen molar-refractivity contribution < 1.29 is 18.3 Å². The van der Waals surface area contributed by atoms with Gasteiger partial charge in [-0.2, -0.15) is 13.2 Å². The summed E-state index contributed by atoms with van der Waals surface area (Å²) in [6.45, 7) is 0. The van der Waals surface area contributed by atoms with E-state index in [4.69, 9.17) is 0 Å². The number of benzene rings is 1. The summed E-state index contributed by atoms with van der Waals surface area (Å²) in [6.07, 6.45) is -3.70. The molecule has 78 valence electrons. The summed E-state index contributed by atoms with van der Waals surface area (Å²) >= 11 is 0. The van der Waals surface area contributed by atoms with Crippen molar-refractivity contribution >= 4 is 10.9 Å². The third-order valence-electron chi connectivity index (χ3n) is 2.02. The Hall–Kier alpha value is -1.78. The number of phenolic OH excluding ortho intramolecular Hbond substituents is 1. The highest BCUT2D eigenvalue weighted by atomic mass is 19.4. The van der Waals surface area contributed by atoms with Crippen LogP contribution in [-0.4, -0.2) is 10.1 Å². The van der Waals surface area contributed by atoms with E-state index in [-0.39, 0.29) is 16.7 Å². The van der Waals surface area contributed by atoms with Crippen LogP contribution in [0.25, 0.3) is 10.9 Å². The monoisotopic (exact) mass is 213 g/mol. The maximum atomic E-state index is 12.3. The van der Waals surface area contributed by atoms with Crippen LogP contribution in [0.15, 0.2) is 30.5 Å². The molecule has 0 saturated carbocycles. The van der Waals surface area contributed by atoms with Crippen molar-refractivity contribution in [3.8, 4) is 5.75 Å². The number of alkyl halides is 3. The van der Waals surface area contributed by atoms with E-state index in [1.54, 1.807) is 0 Å². The maximum absolute atomic E-state index is 12.3. The summed E-state index contributed by atoms with van der Waals surface area (Å²) in [5.74, 6) is -0.124. The highest BCUT2D eigenvalue weighted by Crippen LogP contribution is 2.31. The quantitative estimate of drug-likeness (QED) is 0.729. The lowest BCUT2D eigenvalue weighted by atomic mass is 10.1. The fourth-order valence-electron chi connectivity index (χ4n) is 1.30. The van der Waals surface area contributed by atoms with E-state index in [1.165, 1.54) is 18.2 Å². The number of para-hydroxylation sites is 1. The zero-order valence-corrected chi connectivity index (χ0v) is 7.42. The smallest absolute Gasteiger partial charge is 0.417 e.